The molecule has 0 saturated heterocycles. The summed E-state index contributed by atoms with van der Waals surface area (Å²) in [4.78, 5) is 12.4. The Morgan fingerprint density at radius 2 is 2.00 bits per heavy atom. The number of hydrogen-bond acceptors (Lipinski definition) is 4. The molecule has 1 aromatic carbocycles. The Morgan fingerprint density at radius 1 is 1.29 bits per heavy atom. The number of hydrogen-bond donors (Lipinski definition) is 2. The molecule has 1 aliphatic rings. The van der Waals surface area contributed by atoms with Gasteiger partial charge in [0.1, 0.15) is 0 Å². The Hall–Kier alpha value is -1.46. The standard InChI is InChI=1S/C18H28N2O3.ClH/c1-18(19)10-5-4-6-14(18)17(21)20-11-9-13-7-8-15(22-2)16(12-13)23-3;/h7-8,12,14H,4-6,9-11,19H2,1-3H3,(H,20,21);1H. The van der Waals surface area contributed by atoms with E-state index >= 15 is 0 Å². The van der Waals surface area contributed by atoms with Gasteiger partial charge in [-0.25, -0.2) is 0 Å². The van der Waals surface area contributed by atoms with Crippen molar-refractivity contribution in [3.8, 4) is 11.5 Å². The molecular formula is C18H29ClN2O3. The zero-order valence-corrected chi connectivity index (χ0v) is 15.6. The van der Waals surface area contributed by atoms with Gasteiger partial charge in [-0.15, -0.1) is 12.4 Å². The van der Waals surface area contributed by atoms with Gasteiger partial charge in [0.05, 0.1) is 20.1 Å². The number of benzene rings is 1. The summed E-state index contributed by atoms with van der Waals surface area (Å²) in [6, 6.07) is 5.81. The molecule has 1 aliphatic carbocycles. The molecule has 1 amide bonds. The van der Waals surface area contributed by atoms with Gasteiger partial charge < -0.3 is 20.5 Å². The van der Waals surface area contributed by atoms with E-state index in [9.17, 15) is 4.79 Å². The summed E-state index contributed by atoms with van der Waals surface area (Å²) < 4.78 is 10.5. The zero-order chi connectivity index (χ0) is 16.9. The van der Waals surface area contributed by atoms with Crippen LogP contribution in [0.5, 0.6) is 11.5 Å². The molecule has 1 fully saturated rings. The van der Waals surface area contributed by atoms with E-state index in [0.29, 0.717) is 18.0 Å². The molecule has 2 atom stereocenters. The van der Waals surface area contributed by atoms with Gasteiger partial charge in [0, 0.05) is 12.1 Å². The molecule has 2 rings (SSSR count). The molecule has 5 nitrogen and oxygen atoms in total. The first-order valence-electron chi connectivity index (χ1n) is 8.25. The highest BCUT2D eigenvalue weighted by molar-refractivity contribution is 5.85. The lowest BCUT2D eigenvalue weighted by Crippen LogP contribution is -2.53. The minimum atomic E-state index is -0.383. The van der Waals surface area contributed by atoms with Gasteiger partial charge >= 0.3 is 0 Å². The average Bonchev–Trinajstić information content (AvgIpc) is 2.54. The molecule has 6 heteroatoms. The van der Waals surface area contributed by atoms with Gasteiger partial charge in [-0.3, -0.25) is 4.79 Å². The summed E-state index contributed by atoms with van der Waals surface area (Å²) in [5, 5.41) is 3.03. The number of nitrogens with one attached hydrogen (secondary N) is 1. The second kappa shape index (κ2) is 9.14. The van der Waals surface area contributed by atoms with Crippen molar-refractivity contribution in [2.24, 2.45) is 11.7 Å². The van der Waals surface area contributed by atoms with E-state index in [1.165, 1.54) is 0 Å². The third-order valence-corrected chi connectivity index (χ3v) is 4.73. The van der Waals surface area contributed by atoms with Crippen molar-refractivity contribution >= 4 is 18.3 Å². The summed E-state index contributed by atoms with van der Waals surface area (Å²) in [5.74, 6) is 1.41. The third kappa shape index (κ3) is 5.02. The SMILES string of the molecule is COc1ccc(CCNC(=O)C2CCCCC2(C)N)cc1OC.Cl. The first-order valence-corrected chi connectivity index (χ1v) is 8.25. The normalized spacial score (nSPS) is 23.1. The van der Waals surface area contributed by atoms with Crippen molar-refractivity contribution in [2.45, 2.75) is 44.6 Å². The highest BCUT2D eigenvalue weighted by atomic mass is 35.5. The average molecular weight is 357 g/mol. The van der Waals surface area contributed by atoms with Gasteiger partial charge in [-0.2, -0.15) is 0 Å². The second-order valence-corrected chi connectivity index (χ2v) is 6.53. The van der Waals surface area contributed by atoms with Crippen LogP contribution in [0.15, 0.2) is 18.2 Å². The Labute approximate surface area is 150 Å². The first kappa shape index (κ1) is 20.6. The van der Waals surface area contributed by atoms with Gasteiger partial charge in [0.15, 0.2) is 11.5 Å². The summed E-state index contributed by atoms with van der Waals surface area (Å²) in [6.07, 6.45) is 4.75. The van der Waals surface area contributed by atoms with Crippen LogP contribution in [0.2, 0.25) is 0 Å². The number of rotatable bonds is 6. The largest absolute Gasteiger partial charge is 0.493 e. The van der Waals surface area contributed by atoms with Gasteiger partial charge in [0.25, 0.3) is 0 Å². The zero-order valence-electron chi connectivity index (χ0n) is 14.8. The van der Waals surface area contributed by atoms with E-state index in [2.05, 4.69) is 5.32 Å². The maximum absolute atomic E-state index is 12.4. The summed E-state index contributed by atoms with van der Waals surface area (Å²) in [6.45, 7) is 2.59. The molecule has 0 radical (unpaired) electrons. The maximum atomic E-state index is 12.4. The van der Waals surface area contributed by atoms with Crippen LogP contribution in [0.25, 0.3) is 0 Å². The van der Waals surface area contributed by atoms with Crippen molar-refractivity contribution in [1.29, 1.82) is 0 Å². The topological polar surface area (TPSA) is 73.6 Å². The smallest absolute Gasteiger partial charge is 0.224 e. The predicted octanol–water partition coefficient (Wildman–Crippen LogP) is 2.69. The second-order valence-electron chi connectivity index (χ2n) is 6.53. The Morgan fingerprint density at radius 3 is 2.62 bits per heavy atom. The fraction of sp³-hybridized carbons (Fsp3) is 0.611. The van der Waals surface area contributed by atoms with Crippen molar-refractivity contribution in [3.05, 3.63) is 23.8 Å². The Bertz CT molecular complexity index is 549. The minimum absolute atomic E-state index is 0. The molecule has 0 heterocycles. The fourth-order valence-corrected chi connectivity index (χ4v) is 3.28. The maximum Gasteiger partial charge on any atom is 0.224 e. The van der Waals surface area contributed by atoms with Gasteiger partial charge in [0.2, 0.25) is 5.91 Å². The molecule has 24 heavy (non-hydrogen) atoms. The lowest BCUT2D eigenvalue weighted by atomic mass is 9.74. The molecule has 0 spiro atoms. The molecular weight excluding hydrogens is 328 g/mol. The van der Waals surface area contributed by atoms with Crippen LogP contribution in [0.1, 0.15) is 38.2 Å². The highest BCUT2D eigenvalue weighted by Gasteiger charge is 2.37. The quantitative estimate of drug-likeness (QED) is 0.821. The van der Waals surface area contributed by atoms with Crippen molar-refractivity contribution in [3.63, 3.8) is 0 Å². The molecule has 0 aromatic heterocycles. The van der Waals surface area contributed by atoms with E-state index in [-0.39, 0.29) is 29.8 Å². The molecule has 1 saturated carbocycles. The van der Waals surface area contributed by atoms with Crippen LogP contribution in [-0.2, 0) is 11.2 Å². The monoisotopic (exact) mass is 356 g/mol. The summed E-state index contributed by atoms with van der Waals surface area (Å²) in [5.41, 5.74) is 7.00. The van der Waals surface area contributed by atoms with Gasteiger partial charge in [-0.05, 0) is 43.9 Å². The number of carbonyl (C=O) groups excluding carboxylic acids is 1. The molecule has 0 bridgehead atoms. The van der Waals surface area contributed by atoms with E-state index in [0.717, 1.165) is 37.7 Å². The third-order valence-electron chi connectivity index (χ3n) is 4.73. The lowest BCUT2D eigenvalue weighted by Gasteiger charge is -2.37. The van der Waals surface area contributed by atoms with E-state index in [1.807, 2.05) is 25.1 Å². The van der Waals surface area contributed by atoms with Crippen molar-refractivity contribution < 1.29 is 14.3 Å². The number of carbonyl (C=O) groups is 1. The fourth-order valence-electron chi connectivity index (χ4n) is 3.28. The highest BCUT2D eigenvalue weighted by Crippen LogP contribution is 2.31. The molecule has 0 aliphatic heterocycles. The Balaban J connectivity index is 0.00000288. The van der Waals surface area contributed by atoms with E-state index in [1.54, 1.807) is 14.2 Å². The van der Waals surface area contributed by atoms with Crippen LogP contribution in [-0.4, -0.2) is 32.2 Å². The van der Waals surface area contributed by atoms with E-state index in [4.69, 9.17) is 15.2 Å². The summed E-state index contributed by atoms with van der Waals surface area (Å²) in [7, 11) is 3.24. The van der Waals surface area contributed by atoms with Crippen molar-refractivity contribution in [2.75, 3.05) is 20.8 Å². The molecule has 136 valence electrons. The van der Waals surface area contributed by atoms with E-state index < -0.39 is 0 Å². The minimum Gasteiger partial charge on any atom is -0.493 e. The van der Waals surface area contributed by atoms with Crippen LogP contribution in [0, 0.1) is 5.92 Å². The van der Waals surface area contributed by atoms with Crippen LogP contribution < -0.4 is 20.5 Å². The van der Waals surface area contributed by atoms with Gasteiger partial charge in [-0.1, -0.05) is 18.9 Å². The van der Waals surface area contributed by atoms with Crippen LogP contribution in [0.4, 0.5) is 0 Å². The number of amides is 1. The number of nitrogens with two attached hydrogens (primary N) is 1. The lowest BCUT2D eigenvalue weighted by molar-refractivity contribution is -0.128. The number of methoxy groups -OCH3 is 2. The first-order chi connectivity index (χ1) is 11.0. The molecule has 3 N–H and O–H groups in total. The van der Waals surface area contributed by atoms with Crippen molar-refractivity contribution in [1.82, 2.24) is 5.32 Å². The predicted molar refractivity (Wildman–Crippen MR) is 98.1 cm³/mol. The number of halogens is 1. The molecule has 1 aromatic rings. The Kier molecular flexibility index (Phi) is 7.84. The summed E-state index contributed by atoms with van der Waals surface area (Å²) >= 11 is 0. The van der Waals surface area contributed by atoms with Crippen LogP contribution >= 0.6 is 12.4 Å². The van der Waals surface area contributed by atoms with Crippen LogP contribution in [0.3, 0.4) is 0 Å². The number of ether oxygens (including phenoxy) is 2. The molecule has 2 unspecified atom stereocenters.